The average molecular weight is 619 g/mol. The second kappa shape index (κ2) is 9.96. The number of amides is 2. The maximum Gasteiger partial charge on any atom is 0.280 e. The van der Waals surface area contributed by atoms with E-state index in [4.69, 9.17) is 37.9 Å². The monoisotopic (exact) mass is 617 g/mol. The molecule has 1 spiro atoms. The maximum absolute atomic E-state index is 14.6. The number of anilines is 3. The molecule has 12 heteroatoms. The van der Waals surface area contributed by atoms with Crippen molar-refractivity contribution in [3.05, 3.63) is 75.2 Å². The quantitative estimate of drug-likeness (QED) is 0.293. The summed E-state index contributed by atoms with van der Waals surface area (Å²) in [7, 11) is 1.55. The van der Waals surface area contributed by atoms with E-state index in [1.807, 2.05) is 31.4 Å². The van der Waals surface area contributed by atoms with Crippen LogP contribution in [0.3, 0.4) is 0 Å². The van der Waals surface area contributed by atoms with E-state index >= 15 is 0 Å². The Balaban J connectivity index is 1.52. The van der Waals surface area contributed by atoms with Crippen molar-refractivity contribution in [1.82, 2.24) is 19.5 Å². The Morgan fingerprint density at radius 2 is 1.74 bits per heavy atom. The van der Waals surface area contributed by atoms with Gasteiger partial charge in [-0.25, -0.2) is 9.97 Å². The van der Waals surface area contributed by atoms with Crippen molar-refractivity contribution < 1.29 is 14.3 Å². The summed E-state index contributed by atoms with van der Waals surface area (Å²) >= 11 is 12.8. The molecule has 43 heavy (non-hydrogen) atoms. The van der Waals surface area contributed by atoms with E-state index in [1.54, 1.807) is 43.6 Å². The number of fused-ring (bicyclic) bond motifs is 4. The summed E-state index contributed by atoms with van der Waals surface area (Å²) < 4.78 is 7.68. The molecule has 3 aliphatic heterocycles. The third-order valence-corrected chi connectivity index (χ3v) is 8.91. The van der Waals surface area contributed by atoms with Gasteiger partial charge in [0, 0.05) is 46.6 Å². The molecule has 3 aliphatic rings. The molecule has 0 bridgehead atoms. The van der Waals surface area contributed by atoms with Crippen LogP contribution in [-0.2, 0) is 10.3 Å². The number of hydrogen-bond donors (Lipinski definition) is 1. The minimum atomic E-state index is -1.58. The molecule has 0 radical (unpaired) electrons. The lowest BCUT2D eigenvalue weighted by molar-refractivity contribution is -0.119. The highest BCUT2D eigenvalue weighted by Gasteiger charge is 2.64. The molecule has 1 unspecified atom stereocenters. The van der Waals surface area contributed by atoms with Gasteiger partial charge in [0.15, 0.2) is 11.2 Å². The van der Waals surface area contributed by atoms with Crippen LogP contribution in [0.5, 0.6) is 5.88 Å². The van der Waals surface area contributed by atoms with Gasteiger partial charge in [0.25, 0.3) is 11.8 Å². The number of nitrogens with one attached hydrogen (secondary N) is 1. The van der Waals surface area contributed by atoms with Crippen LogP contribution in [0.2, 0.25) is 10.0 Å². The molecule has 5 heterocycles. The number of methoxy groups -OCH3 is 1. The van der Waals surface area contributed by atoms with Gasteiger partial charge in [-0.15, -0.1) is 0 Å². The topological polar surface area (TPSA) is 105 Å². The van der Waals surface area contributed by atoms with E-state index in [0.717, 1.165) is 31.5 Å². The molecule has 7 rings (SSSR count). The van der Waals surface area contributed by atoms with Gasteiger partial charge < -0.3 is 19.5 Å². The van der Waals surface area contributed by atoms with Gasteiger partial charge in [-0.2, -0.15) is 4.98 Å². The molecule has 2 amide bonds. The zero-order valence-electron chi connectivity index (χ0n) is 24.1. The number of aromatic nitrogens is 4. The summed E-state index contributed by atoms with van der Waals surface area (Å²) in [5.41, 5.74) is 1.96. The highest BCUT2D eigenvalue weighted by molar-refractivity contribution is 6.32. The number of nitrogens with zero attached hydrogens (tertiary/aromatic N) is 6. The van der Waals surface area contributed by atoms with Crippen molar-refractivity contribution in [2.45, 2.75) is 45.2 Å². The Kier molecular flexibility index (Phi) is 6.41. The first-order valence-corrected chi connectivity index (χ1v) is 14.9. The van der Waals surface area contributed by atoms with Gasteiger partial charge in [0.1, 0.15) is 5.82 Å². The van der Waals surface area contributed by atoms with Crippen LogP contribution >= 0.6 is 23.2 Å². The van der Waals surface area contributed by atoms with Gasteiger partial charge in [0.2, 0.25) is 11.8 Å². The summed E-state index contributed by atoms with van der Waals surface area (Å²) in [4.78, 5) is 46.9. The molecule has 2 aromatic heterocycles. The van der Waals surface area contributed by atoms with Crippen LogP contribution in [0, 0.1) is 6.92 Å². The number of imidazole rings is 1. The summed E-state index contributed by atoms with van der Waals surface area (Å²) in [6, 6.07) is 10.3. The Morgan fingerprint density at radius 3 is 2.47 bits per heavy atom. The first-order chi connectivity index (χ1) is 20.7. The highest BCUT2D eigenvalue weighted by Crippen LogP contribution is 2.55. The van der Waals surface area contributed by atoms with Crippen LogP contribution in [0.25, 0.3) is 11.4 Å². The largest absolute Gasteiger partial charge is 0.480 e. The van der Waals surface area contributed by atoms with Crippen LogP contribution < -0.4 is 19.9 Å². The molecule has 10 nitrogen and oxygen atoms in total. The van der Waals surface area contributed by atoms with Crippen molar-refractivity contribution in [1.29, 1.82) is 0 Å². The minimum absolute atomic E-state index is 0.159. The van der Waals surface area contributed by atoms with Crippen molar-refractivity contribution >= 4 is 52.3 Å². The van der Waals surface area contributed by atoms with Gasteiger partial charge in [0.05, 0.1) is 24.1 Å². The predicted molar refractivity (Wildman–Crippen MR) is 165 cm³/mol. The summed E-state index contributed by atoms with van der Waals surface area (Å²) in [5.74, 6) is 0.555. The number of halogens is 2. The molecule has 220 valence electrons. The van der Waals surface area contributed by atoms with Crippen LogP contribution in [0.15, 0.2) is 42.6 Å². The standard InChI is InChI=1S/C31H29Cl2N7O3/c1-16(2)39-25-24(36-26(39)20-15-34-30(37-27(20)43-4)38-11-5-6-12-38)28(41)40(23-14-19(33)8-7-17(23)3)31(25)21-10-9-18(32)13-22(21)35-29(31)42/h7-10,13-16H,5-6,11-12H2,1-4H3,(H,35,42). The molecular formula is C31H29Cl2N7O3. The lowest BCUT2D eigenvalue weighted by Crippen LogP contribution is -2.51. The molecule has 1 N–H and O–H groups in total. The lowest BCUT2D eigenvalue weighted by atomic mass is 9.86. The number of ether oxygens (including phenoxy) is 1. The van der Waals surface area contributed by atoms with Gasteiger partial charge in [-0.05, 0) is 63.4 Å². The SMILES string of the molecule is COc1nc(N2CCCC2)ncc1-c1nc2c(n1C(C)C)C1(C(=O)Nc3cc(Cl)ccc31)N(c1cc(Cl)ccc1C)C2=O. The fourth-order valence-electron chi connectivity index (χ4n) is 6.56. The second-order valence-corrected chi connectivity index (χ2v) is 12.2. The normalized spacial score (nSPS) is 19.0. The lowest BCUT2D eigenvalue weighted by Gasteiger charge is -2.36. The van der Waals surface area contributed by atoms with Crippen LogP contribution in [0.4, 0.5) is 17.3 Å². The minimum Gasteiger partial charge on any atom is -0.480 e. The number of rotatable bonds is 5. The second-order valence-electron chi connectivity index (χ2n) is 11.3. The molecule has 4 aromatic rings. The number of carbonyl (C=O) groups excluding carboxylic acids is 2. The summed E-state index contributed by atoms with van der Waals surface area (Å²) in [6.07, 6.45) is 3.85. The predicted octanol–water partition coefficient (Wildman–Crippen LogP) is 6.00. The van der Waals surface area contributed by atoms with Crippen molar-refractivity contribution in [2.24, 2.45) is 0 Å². The van der Waals surface area contributed by atoms with E-state index < -0.39 is 17.4 Å². The Morgan fingerprint density at radius 1 is 1.02 bits per heavy atom. The molecule has 0 saturated carbocycles. The van der Waals surface area contributed by atoms with E-state index in [0.29, 0.717) is 55.9 Å². The number of hydrogen-bond acceptors (Lipinski definition) is 7. The number of carbonyl (C=O) groups is 2. The third-order valence-electron chi connectivity index (χ3n) is 8.44. The van der Waals surface area contributed by atoms with Crippen LogP contribution in [0.1, 0.15) is 60.0 Å². The van der Waals surface area contributed by atoms with Gasteiger partial charge in [-0.1, -0.05) is 35.3 Å². The molecule has 2 aromatic carbocycles. The van der Waals surface area contributed by atoms with Crippen molar-refractivity contribution in [3.63, 3.8) is 0 Å². The first kappa shape index (κ1) is 27.7. The Hall–Kier alpha value is -4.15. The fraction of sp³-hybridized carbons (Fsp3) is 0.323. The van der Waals surface area contributed by atoms with E-state index in [-0.39, 0.29) is 11.7 Å². The highest BCUT2D eigenvalue weighted by atomic mass is 35.5. The van der Waals surface area contributed by atoms with E-state index in [2.05, 4.69) is 15.2 Å². The van der Waals surface area contributed by atoms with Gasteiger partial charge >= 0.3 is 0 Å². The number of aryl methyl sites for hydroxylation is 1. The van der Waals surface area contributed by atoms with Crippen LogP contribution in [-0.4, -0.2) is 51.5 Å². The number of benzene rings is 2. The maximum atomic E-state index is 14.6. The summed E-state index contributed by atoms with van der Waals surface area (Å²) in [5, 5.41) is 3.90. The Labute approximate surface area is 258 Å². The molecule has 1 saturated heterocycles. The first-order valence-electron chi connectivity index (χ1n) is 14.2. The fourth-order valence-corrected chi connectivity index (χ4v) is 6.90. The Bertz CT molecular complexity index is 1830. The molecule has 1 fully saturated rings. The average Bonchev–Trinajstić information content (AvgIpc) is 3.75. The van der Waals surface area contributed by atoms with Gasteiger partial charge in [-0.3, -0.25) is 14.5 Å². The molecular weight excluding hydrogens is 589 g/mol. The molecule has 1 atom stereocenters. The summed E-state index contributed by atoms with van der Waals surface area (Å²) in [6.45, 7) is 7.61. The third kappa shape index (κ3) is 3.89. The zero-order chi connectivity index (χ0) is 30.2. The smallest absolute Gasteiger partial charge is 0.280 e. The van der Waals surface area contributed by atoms with E-state index in [9.17, 15) is 9.59 Å². The van der Waals surface area contributed by atoms with Crippen molar-refractivity contribution in [2.75, 3.05) is 35.3 Å². The van der Waals surface area contributed by atoms with Crippen molar-refractivity contribution in [3.8, 4) is 17.3 Å². The molecule has 0 aliphatic carbocycles. The zero-order valence-corrected chi connectivity index (χ0v) is 25.6. The van der Waals surface area contributed by atoms with E-state index in [1.165, 1.54) is 4.90 Å².